The first-order valence-electron chi connectivity index (χ1n) is 10.0. The van der Waals surface area contributed by atoms with Crippen molar-refractivity contribution in [3.05, 3.63) is 77.0 Å². The predicted molar refractivity (Wildman–Crippen MR) is 119 cm³/mol. The molecule has 0 saturated carbocycles. The summed E-state index contributed by atoms with van der Waals surface area (Å²) in [5, 5.41) is 7.05. The van der Waals surface area contributed by atoms with Crippen LogP contribution in [0.4, 0.5) is 5.69 Å². The molecule has 2 aromatic carbocycles. The molecule has 2 aromatic heterocycles. The topological polar surface area (TPSA) is 108 Å². The number of esters is 1. The Labute approximate surface area is 183 Å². The molecule has 1 N–H and O–H groups in total. The molecule has 0 bridgehead atoms. The van der Waals surface area contributed by atoms with Gasteiger partial charge < -0.3 is 10.1 Å². The Balaban J connectivity index is 1.61. The molecular formula is C23H21N5O4. The van der Waals surface area contributed by atoms with Crippen molar-refractivity contribution in [1.82, 2.24) is 19.3 Å². The number of hydrogen-bond acceptors (Lipinski definition) is 6. The summed E-state index contributed by atoms with van der Waals surface area (Å²) in [4.78, 5) is 42.0. The largest absolute Gasteiger partial charge is 0.462 e. The van der Waals surface area contributed by atoms with Crippen LogP contribution in [0.2, 0.25) is 0 Å². The monoisotopic (exact) mass is 431 g/mol. The molecule has 0 unspecified atom stereocenters. The summed E-state index contributed by atoms with van der Waals surface area (Å²) in [7, 11) is 1.68. The number of carbonyl (C=O) groups is 2. The third-order valence-corrected chi connectivity index (χ3v) is 4.93. The molecule has 2 heterocycles. The van der Waals surface area contributed by atoms with Gasteiger partial charge in [0.1, 0.15) is 18.3 Å². The fraction of sp³-hybridized carbons (Fsp3) is 0.174. The molecule has 162 valence electrons. The van der Waals surface area contributed by atoms with E-state index < -0.39 is 11.9 Å². The molecule has 0 saturated heterocycles. The number of aromatic nitrogens is 4. The van der Waals surface area contributed by atoms with E-state index in [0.29, 0.717) is 16.7 Å². The molecule has 9 nitrogen and oxygen atoms in total. The Hall–Kier alpha value is -4.27. The van der Waals surface area contributed by atoms with Gasteiger partial charge in [0.25, 0.3) is 5.56 Å². The smallest absolute Gasteiger partial charge is 0.340 e. The highest BCUT2D eigenvalue weighted by molar-refractivity contribution is 6.02. The van der Waals surface area contributed by atoms with Crippen molar-refractivity contribution in [2.24, 2.45) is 7.05 Å². The van der Waals surface area contributed by atoms with Crippen molar-refractivity contribution in [3.63, 3.8) is 0 Å². The van der Waals surface area contributed by atoms with Crippen LogP contribution < -0.4 is 10.9 Å². The molecule has 0 fully saturated rings. The van der Waals surface area contributed by atoms with Crippen molar-refractivity contribution in [2.75, 3.05) is 11.9 Å². The van der Waals surface area contributed by atoms with E-state index in [4.69, 9.17) is 4.74 Å². The van der Waals surface area contributed by atoms with Crippen LogP contribution in [-0.2, 0) is 23.1 Å². The minimum Gasteiger partial charge on any atom is -0.462 e. The van der Waals surface area contributed by atoms with E-state index in [9.17, 15) is 14.4 Å². The van der Waals surface area contributed by atoms with E-state index >= 15 is 0 Å². The van der Waals surface area contributed by atoms with Crippen molar-refractivity contribution >= 4 is 28.6 Å². The molecule has 0 spiro atoms. The zero-order valence-electron chi connectivity index (χ0n) is 17.6. The zero-order valence-corrected chi connectivity index (χ0v) is 17.6. The van der Waals surface area contributed by atoms with Gasteiger partial charge >= 0.3 is 5.97 Å². The quantitative estimate of drug-likeness (QED) is 0.470. The van der Waals surface area contributed by atoms with Crippen molar-refractivity contribution < 1.29 is 14.3 Å². The number of ether oxygens (including phenoxy) is 1. The van der Waals surface area contributed by atoms with Gasteiger partial charge in [-0.2, -0.15) is 5.10 Å². The molecule has 1 amide bonds. The maximum Gasteiger partial charge on any atom is 0.340 e. The lowest BCUT2D eigenvalue weighted by molar-refractivity contribution is -0.116. The number of rotatable bonds is 6. The molecule has 4 rings (SSSR count). The summed E-state index contributed by atoms with van der Waals surface area (Å²) in [6.45, 7) is 1.65. The fourth-order valence-electron chi connectivity index (χ4n) is 3.36. The first-order chi connectivity index (χ1) is 15.5. The van der Waals surface area contributed by atoms with Gasteiger partial charge in [0.15, 0.2) is 5.65 Å². The number of aryl methyl sites for hydroxylation is 1. The van der Waals surface area contributed by atoms with Gasteiger partial charge in [-0.25, -0.2) is 9.78 Å². The van der Waals surface area contributed by atoms with Crippen LogP contribution in [0.3, 0.4) is 0 Å². The summed E-state index contributed by atoms with van der Waals surface area (Å²) in [5.74, 6) is -1.02. The number of nitrogens with zero attached hydrogens (tertiary/aromatic N) is 4. The van der Waals surface area contributed by atoms with Crippen LogP contribution in [-0.4, -0.2) is 37.8 Å². The lowest BCUT2D eigenvalue weighted by Gasteiger charge is -2.13. The first-order valence-corrected chi connectivity index (χ1v) is 10.0. The highest BCUT2D eigenvalue weighted by Gasteiger charge is 2.17. The molecular weight excluding hydrogens is 410 g/mol. The van der Waals surface area contributed by atoms with Gasteiger partial charge in [0.2, 0.25) is 5.91 Å². The maximum absolute atomic E-state index is 12.7. The van der Waals surface area contributed by atoms with Crippen molar-refractivity contribution in [2.45, 2.75) is 13.5 Å². The Bertz CT molecular complexity index is 1360. The normalized spacial score (nSPS) is 10.8. The van der Waals surface area contributed by atoms with Crippen LogP contribution in [0, 0.1) is 0 Å². The third kappa shape index (κ3) is 4.13. The van der Waals surface area contributed by atoms with Gasteiger partial charge in [0, 0.05) is 7.05 Å². The van der Waals surface area contributed by atoms with Gasteiger partial charge in [0.05, 0.1) is 24.1 Å². The minimum absolute atomic E-state index is 0.202. The molecule has 0 aliphatic rings. The highest BCUT2D eigenvalue weighted by atomic mass is 16.5. The number of benzene rings is 2. The van der Waals surface area contributed by atoms with Crippen LogP contribution in [0.5, 0.6) is 0 Å². The second kappa shape index (κ2) is 8.84. The van der Waals surface area contributed by atoms with Gasteiger partial charge in [-0.3, -0.25) is 18.8 Å². The second-order valence-corrected chi connectivity index (χ2v) is 7.08. The van der Waals surface area contributed by atoms with E-state index in [0.717, 1.165) is 11.1 Å². The van der Waals surface area contributed by atoms with Crippen molar-refractivity contribution in [3.8, 4) is 11.1 Å². The zero-order chi connectivity index (χ0) is 22.7. The Morgan fingerprint density at radius 3 is 2.62 bits per heavy atom. The molecule has 4 aromatic rings. The lowest BCUT2D eigenvalue weighted by atomic mass is 10.0. The summed E-state index contributed by atoms with van der Waals surface area (Å²) in [5.41, 5.74) is 2.34. The average Bonchev–Trinajstić information content (AvgIpc) is 3.18. The number of nitrogens with one attached hydrogen (secondary N) is 1. The number of anilines is 1. The van der Waals surface area contributed by atoms with Crippen LogP contribution in [0.1, 0.15) is 17.3 Å². The number of amides is 1. The molecule has 0 atom stereocenters. The summed E-state index contributed by atoms with van der Waals surface area (Å²) in [6.07, 6.45) is 2.72. The van der Waals surface area contributed by atoms with Crippen molar-refractivity contribution in [1.29, 1.82) is 0 Å². The van der Waals surface area contributed by atoms with E-state index in [-0.39, 0.29) is 24.3 Å². The van der Waals surface area contributed by atoms with Crippen LogP contribution >= 0.6 is 0 Å². The van der Waals surface area contributed by atoms with Gasteiger partial charge in [-0.15, -0.1) is 0 Å². The first kappa shape index (κ1) is 21.0. The molecule has 0 aliphatic heterocycles. The SMILES string of the molecule is CCOC(=O)c1cc(-c2ccccc2)ccc1NC(=O)Cn1cnc2c(cnn2C)c1=O. The summed E-state index contributed by atoms with van der Waals surface area (Å²) in [6, 6.07) is 14.7. The van der Waals surface area contributed by atoms with Crippen LogP contribution in [0.25, 0.3) is 22.2 Å². The van der Waals surface area contributed by atoms with E-state index in [1.165, 1.54) is 21.8 Å². The third-order valence-electron chi connectivity index (χ3n) is 4.93. The second-order valence-electron chi connectivity index (χ2n) is 7.08. The molecule has 32 heavy (non-hydrogen) atoms. The van der Waals surface area contributed by atoms with Crippen LogP contribution in [0.15, 0.2) is 65.8 Å². The lowest BCUT2D eigenvalue weighted by Crippen LogP contribution is -2.28. The average molecular weight is 431 g/mol. The Morgan fingerprint density at radius 1 is 1.09 bits per heavy atom. The maximum atomic E-state index is 12.7. The summed E-state index contributed by atoms with van der Waals surface area (Å²) >= 11 is 0. The predicted octanol–water partition coefficient (Wildman–Crippen LogP) is 2.61. The van der Waals surface area contributed by atoms with E-state index in [2.05, 4.69) is 15.4 Å². The van der Waals surface area contributed by atoms with E-state index in [1.807, 2.05) is 36.4 Å². The van der Waals surface area contributed by atoms with Gasteiger partial charge in [-0.1, -0.05) is 36.4 Å². The summed E-state index contributed by atoms with van der Waals surface area (Å²) < 4.78 is 7.85. The molecule has 9 heteroatoms. The standard InChI is InChI=1S/C23H21N5O4/c1-3-32-23(31)17-11-16(15-7-5-4-6-8-15)9-10-19(17)26-20(29)13-28-14-24-21-18(22(28)30)12-25-27(21)2/h4-12,14H,3,13H2,1-2H3,(H,26,29). The number of fused-ring (bicyclic) bond motifs is 1. The Morgan fingerprint density at radius 2 is 1.88 bits per heavy atom. The Kier molecular flexibility index (Phi) is 5.80. The highest BCUT2D eigenvalue weighted by Crippen LogP contribution is 2.26. The number of hydrogen-bond donors (Lipinski definition) is 1. The minimum atomic E-state index is -0.545. The van der Waals surface area contributed by atoms with E-state index in [1.54, 1.807) is 26.1 Å². The molecule has 0 aliphatic carbocycles. The van der Waals surface area contributed by atoms with Gasteiger partial charge in [-0.05, 0) is 30.2 Å². The fourth-order valence-corrected chi connectivity index (χ4v) is 3.36. The number of carbonyl (C=O) groups excluding carboxylic acids is 2. The molecule has 0 radical (unpaired) electrons.